The molecule has 3 N–H and O–H groups in total. The highest BCUT2D eigenvalue weighted by Crippen LogP contribution is 2.26. The lowest BCUT2D eigenvalue weighted by molar-refractivity contribution is 0.0996. The zero-order valence-corrected chi connectivity index (χ0v) is 26.5. The maximum absolute atomic E-state index is 14.4. The smallest absolute Gasteiger partial charge is 0.322 e. The van der Waals surface area contributed by atoms with Gasteiger partial charge in [-0.2, -0.15) is 0 Å². The Morgan fingerprint density at radius 3 is 2.38 bits per heavy atom. The first-order chi connectivity index (χ1) is 21.3. The van der Waals surface area contributed by atoms with E-state index >= 15 is 0 Å². The summed E-state index contributed by atoms with van der Waals surface area (Å²) in [6.07, 6.45) is 4.23. The average Bonchev–Trinajstić information content (AvgIpc) is 2.97. The molecule has 242 valence electrons. The summed E-state index contributed by atoms with van der Waals surface area (Å²) in [5.41, 5.74) is 6.94. The highest BCUT2D eigenvalue weighted by atomic mass is 32.2. The lowest BCUT2D eigenvalue weighted by atomic mass is 10.0. The molecule has 10 nitrogen and oxygen atoms in total. The van der Waals surface area contributed by atoms with Crippen LogP contribution in [0.1, 0.15) is 59.8 Å². The van der Waals surface area contributed by atoms with Gasteiger partial charge in [0.15, 0.2) is 9.84 Å². The zero-order chi connectivity index (χ0) is 32.7. The van der Waals surface area contributed by atoms with Crippen LogP contribution in [-0.4, -0.2) is 67.1 Å². The van der Waals surface area contributed by atoms with Crippen LogP contribution < -0.4 is 15.8 Å². The van der Waals surface area contributed by atoms with Gasteiger partial charge in [0, 0.05) is 56.3 Å². The van der Waals surface area contributed by atoms with Crippen molar-refractivity contribution in [3.05, 3.63) is 82.5 Å². The Hall–Kier alpha value is -4.10. The van der Waals surface area contributed by atoms with Gasteiger partial charge in [0.05, 0.1) is 17.0 Å². The van der Waals surface area contributed by atoms with Crippen molar-refractivity contribution in [3.63, 3.8) is 0 Å². The van der Waals surface area contributed by atoms with E-state index in [4.69, 9.17) is 10.5 Å². The molecular formula is C32H39F2N5O5S. The van der Waals surface area contributed by atoms with Gasteiger partial charge in [-0.15, -0.1) is 0 Å². The van der Waals surface area contributed by atoms with Gasteiger partial charge < -0.3 is 20.7 Å². The predicted molar refractivity (Wildman–Crippen MR) is 168 cm³/mol. The summed E-state index contributed by atoms with van der Waals surface area (Å²) in [5, 5.41) is 2.51. The van der Waals surface area contributed by atoms with Gasteiger partial charge in [0.2, 0.25) is 5.88 Å². The first kappa shape index (κ1) is 33.8. The maximum Gasteiger partial charge on any atom is 0.322 e. The molecule has 0 aliphatic carbocycles. The van der Waals surface area contributed by atoms with Gasteiger partial charge in [0.1, 0.15) is 17.4 Å². The molecule has 1 aromatic heterocycles. The van der Waals surface area contributed by atoms with E-state index < -0.39 is 39.0 Å². The van der Waals surface area contributed by atoms with Crippen molar-refractivity contribution in [1.82, 2.24) is 14.8 Å². The van der Waals surface area contributed by atoms with Crippen molar-refractivity contribution in [2.75, 3.05) is 31.2 Å². The molecule has 0 saturated carbocycles. The number of unbranched alkanes of at least 4 members (excludes halogenated alkanes) is 1. The topological polar surface area (TPSA) is 135 Å². The second-order valence-corrected chi connectivity index (χ2v) is 13.5. The Morgan fingerprint density at radius 2 is 1.78 bits per heavy atom. The van der Waals surface area contributed by atoms with Gasteiger partial charge in [0.25, 0.3) is 5.91 Å². The Balaban J connectivity index is 1.35. The van der Waals surface area contributed by atoms with Crippen LogP contribution >= 0.6 is 0 Å². The van der Waals surface area contributed by atoms with Crippen molar-refractivity contribution in [2.45, 2.75) is 57.9 Å². The third-order valence-electron chi connectivity index (χ3n) is 7.71. The molecule has 1 aliphatic heterocycles. The molecule has 0 atom stereocenters. The number of nitrogens with zero attached hydrogens (tertiary/aromatic N) is 3. The SMILES string of the molecule is CCCCN(C(=O)Nc1cc(C(N)=O)c(F)cc1F)C1CCN(Cc2ccc(Oc3ccc(CS(C)(=O)=O)cc3)nc2C)CC1. The lowest BCUT2D eigenvalue weighted by Gasteiger charge is -2.38. The summed E-state index contributed by atoms with van der Waals surface area (Å²) in [4.78, 5) is 33.4. The van der Waals surface area contributed by atoms with Crippen molar-refractivity contribution >= 4 is 27.5 Å². The highest BCUT2D eigenvalue weighted by Gasteiger charge is 2.29. The second kappa shape index (κ2) is 14.8. The summed E-state index contributed by atoms with van der Waals surface area (Å²) < 4.78 is 57.3. The number of carbonyl (C=O) groups is 2. The molecule has 0 unspecified atom stereocenters. The number of sulfone groups is 1. The Kier molecular flexibility index (Phi) is 11.1. The van der Waals surface area contributed by atoms with Gasteiger partial charge in [-0.25, -0.2) is 27.0 Å². The van der Waals surface area contributed by atoms with E-state index in [9.17, 15) is 26.8 Å². The van der Waals surface area contributed by atoms with E-state index in [-0.39, 0.29) is 17.5 Å². The van der Waals surface area contributed by atoms with Crippen LogP contribution in [0.2, 0.25) is 0 Å². The molecule has 13 heteroatoms. The number of carbonyl (C=O) groups excluding carboxylic acids is 2. The van der Waals surface area contributed by atoms with Crippen LogP contribution in [-0.2, 0) is 22.1 Å². The molecule has 3 aromatic rings. The summed E-state index contributed by atoms with van der Waals surface area (Å²) in [5.74, 6) is -2.16. The maximum atomic E-state index is 14.4. The van der Waals surface area contributed by atoms with Gasteiger partial charge in [-0.1, -0.05) is 31.5 Å². The minimum atomic E-state index is -3.12. The molecule has 4 rings (SSSR count). The normalized spacial score (nSPS) is 14.2. The van der Waals surface area contributed by atoms with Crippen LogP contribution in [0.15, 0.2) is 48.5 Å². The van der Waals surface area contributed by atoms with E-state index in [1.807, 2.05) is 19.9 Å². The minimum Gasteiger partial charge on any atom is -0.439 e. The monoisotopic (exact) mass is 643 g/mol. The first-order valence-electron chi connectivity index (χ1n) is 14.8. The van der Waals surface area contributed by atoms with Gasteiger partial charge >= 0.3 is 6.03 Å². The fourth-order valence-corrected chi connectivity index (χ4v) is 6.09. The number of ether oxygens (including phenoxy) is 1. The molecule has 2 heterocycles. The van der Waals surface area contributed by atoms with Crippen LogP contribution in [0.25, 0.3) is 0 Å². The number of benzene rings is 2. The molecule has 3 amide bonds. The third-order valence-corrected chi connectivity index (χ3v) is 8.57. The van der Waals surface area contributed by atoms with Crippen LogP contribution in [0.5, 0.6) is 11.6 Å². The number of urea groups is 1. The van der Waals surface area contributed by atoms with E-state index in [0.29, 0.717) is 49.2 Å². The number of primary amides is 1. The van der Waals surface area contributed by atoms with Crippen molar-refractivity contribution in [2.24, 2.45) is 5.73 Å². The van der Waals surface area contributed by atoms with E-state index in [1.165, 1.54) is 6.26 Å². The standard InChI is InChI=1S/C32H39F2N5O5S/c1-4-5-14-39(32(41)37-29-17-26(31(35)40)27(33)18-28(29)34)24-12-15-38(16-13-24)19-23-8-11-30(36-21(23)2)44-25-9-6-22(7-10-25)20-45(3,42)43/h6-11,17-18,24H,4-5,12-16,19-20H2,1-3H3,(H2,35,40)(H,37,41). The number of nitrogens with one attached hydrogen (secondary N) is 1. The predicted octanol–water partition coefficient (Wildman–Crippen LogP) is 5.40. The fraction of sp³-hybridized carbons (Fsp3) is 0.406. The third kappa shape index (κ3) is 9.44. The number of hydrogen-bond acceptors (Lipinski definition) is 7. The number of aryl methyl sites for hydroxylation is 1. The number of nitrogens with two attached hydrogens (primary N) is 1. The molecular weight excluding hydrogens is 604 g/mol. The Morgan fingerprint density at radius 1 is 1.09 bits per heavy atom. The number of anilines is 1. The second-order valence-electron chi connectivity index (χ2n) is 11.4. The van der Waals surface area contributed by atoms with Crippen LogP contribution in [0.4, 0.5) is 19.3 Å². The summed E-state index contributed by atoms with van der Waals surface area (Å²) in [6, 6.07) is 11.5. The summed E-state index contributed by atoms with van der Waals surface area (Å²) >= 11 is 0. The van der Waals surface area contributed by atoms with E-state index in [0.717, 1.165) is 43.3 Å². The lowest BCUT2D eigenvalue weighted by Crippen LogP contribution is -2.49. The minimum absolute atomic E-state index is 0.0320. The number of halogens is 2. The molecule has 0 radical (unpaired) electrons. The fourth-order valence-electron chi connectivity index (χ4n) is 5.30. The Bertz CT molecular complexity index is 1630. The van der Waals surface area contributed by atoms with Gasteiger partial charge in [-0.05, 0) is 55.5 Å². The van der Waals surface area contributed by atoms with E-state index in [1.54, 1.807) is 35.2 Å². The van der Waals surface area contributed by atoms with Crippen molar-refractivity contribution in [1.29, 1.82) is 0 Å². The first-order valence-corrected chi connectivity index (χ1v) is 16.9. The number of hydrogen-bond donors (Lipinski definition) is 2. The molecule has 45 heavy (non-hydrogen) atoms. The number of likely N-dealkylation sites (tertiary alicyclic amines) is 1. The van der Waals surface area contributed by atoms with E-state index in [2.05, 4.69) is 15.2 Å². The molecule has 1 aliphatic rings. The van der Waals surface area contributed by atoms with Crippen LogP contribution in [0.3, 0.4) is 0 Å². The van der Waals surface area contributed by atoms with Crippen LogP contribution in [0, 0.1) is 18.6 Å². The number of amides is 3. The van der Waals surface area contributed by atoms with Crippen molar-refractivity contribution in [3.8, 4) is 11.6 Å². The highest BCUT2D eigenvalue weighted by molar-refractivity contribution is 7.89. The number of piperidine rings is 1. The largest absolute Gasteiger partial charge is 0.439 e. The van der Waals surface area contributed by atoms with Gasteiger partial charge in [-0.3, -0.25) is 9.69 Å². The average molecular weight is 644 g/mol. The quantitative estimate of drug-likeness (QED) is 0.270. The van der Waals surface area contributed by atoms with Crippen molar-refractivity contribution < 1.29 is 31.5 Å². The summed E-state index contributed by atoms with van der Waals surface area (Å²) in [7, 11) is -3.12. The number of rotatable bonds is 12. The molecule has 1 saturated heterocycles. The molecule has 1 fully saturated rings. The number of aromatic nitrogens is 1. The molecule has 2 aromatic carbocycles. The molecule has 0 bridgehead atoms. The number of pyridine rings is 1. The zero-order valence-electron chi connectivity index (χ0n) is 25.7. The molecule has 0 spiro atoms. The summed E-state index contributed by atoms with van der Waals surface area (Å²) in [6.45, 7) is 6.54. The Labute approximate surface area is 262 Å².